The molecule has 4 rings (SSSR count). The number of pyridine rings is 1. The van der Waals surface area contributed by atoms with Crippen LogP contribution < -0.4 is 15.2 Å². The van der Waals surface area contributed by atoms with E-state index in [2.05, 4.69) is 10.4 Å². The van der Waals surface area contributed by atoms with Crippen LogP contribution in [0.15, 0.2) is 41.6 Å². The molecule has 2 aliphatic rings. The van der Waals surface area contributed by atoms with Crippen molar-refractivity contribution in [2.24, 2.45) is 0 Å². The number of aromatic nitrogens is 1. The van der Waals surface area contributed by atoms with Crippen molar-refractivity contribution in [1.29, 1.82) is 0 Å². The number of sulfonamides is 1. The average Bonchev–Trinajstić information content (AvgIpc) is 3.02. The third-order valence-electron chi connectivity index (χ3n) is 5.80. The summed E-state index contributed by atoms with van der Waals surface area (Å²) in [5.74, 6) is -1.81. The normalized spacial score (nSPS) is 19.5. The zero-order valence-corrected chi connectivity index (χ0v) is 19.8. The minimum absolute atomic E-state index is 0.00825. The van der Waals surface area contributed by atoms with E-state index >= 15 is 8.78 Å². The van der Waals surface area contributed by atoms with Gasteiger partial charge in [0.2, 0.25) is 0 Å². The third kappa shape index (κ3) is 5.41. The van der Waals surface area contributed by atoms with E-state index in [4.69, 9.17) is 4.74 Å². The smallest absolute Gasteiger partial charge is 0.414 e. The van der Waals surface area contributed by atoms with Gasteiger partial charge in [0, 0.05) is 57.1 Å². The number of carbonyl (C=O) groups excluding carboxylic acids is 2. The summed E-state index contributed by atoms with van der Waals surface area (Å²) in [4.78, 5) is 29.8. The highest BCUT2D eigenvalue weighted by atomic mass is 32.2. The zero-order chi connectivity index (χ0) is 25.2. The van der Waals surface area contributed by atoms with Gasteiger partial charge in [0.05, 0.1) is 17.1 Å². The van der Waals surface area contributed by atoms with E-state index in [1.807, 2.05) is 0 Å². The molecule has 2 aromatic rings. The lowest BCUT2D eigenvalue weighted by Crippen LogP contribution is -2.43. The second kappa shape index (κ2) is 10.2. The number of nitrogens with one attached hydrogen (secondary N) is 1. The number of hydrogen-bond donors (Lipinski definition) is 1. The maximum Gasteiger partial charge on any atom is 0.414 e. The molecule has 2 fully saturated rings. The SMILES string of the molecule is CC(=O)CC[C@H]1CN(c2cc(F)c(N3CCNN(S(=O)(=O)c4ccncc4)CC3)c(F)c2)C(=O)O1. The molecule has 1 atom stereocenters. The summed E-state index contributed by atoms with van der Waals surface area (Å²) in [5, 5.41) is 0. The van der Waals surface area contributed by atoms with E-state index in [-0.39, 0.29) is 61.2 Å². The minimum atomic E-state index is -3.86. The first-order chi connectivity index (χ1) is 16.7. The van der Waals surface area contributed by atoms with Crippen molar-refractivity contribution < 1.29 is 31.5 Å². The van der Waals surface area contributed by atoms with Crippen molar-refractivity contribution in [3.63, 3.8) is 0 Å². The van der Waals surface area contributed by atoms with E-state index in [9.17, 15) is 18.0 Å². The van der Waals surface area contributed by atoms with Gasteiger partial charge in [-0.1, -0.05) is 0 Å². The van der Waals surface area contributed by atoms with E-state index in [1.165, 1.54) is 36.4 Å². The predicted molar refractivity (Wildman–Crippen MR) is 122 cm³/mol. The van der Waals surface area contributed by atoms with E-state index in [1.54, 1.807) is 0 Å². The topological polar surface area (TPSA) is 112 Å². The van der Waals surface area contributed by atoms with Gasteiger partial charge >= 0.3 is 6.09 Å². The predicted octanol–water partition coefficient (Wildman–Crippen LogP) is 2.07. The van der Waals surface area contributed by atoms with Crippen molar-refractivity contribution in [3.8, 4) is 0 Å². The van der Waals surface area contributed by atoms with E-state index < -0.39 is 33.9 Å². The summed E-state index contributed by atoms with van der Waals surface area (Å²) in [6, 6.07) is 4.84. The molecule has 0 spiro atoms. The zero-order valence-electron chi connectivity index (χ0n) is 19.0. The molecule has 35 heavy (non-hydrogen) atoms. The molecule has 1 aromatic carbocycles. The summed E-state index contributed by atoms with van der Waals surface area (Å²) < 4.78 is 62.1. The lowest BCUT2D eigenvalue weighted by atomic mass is 10.1. The van der Waals surface area contributed by atoms with Gasteiger partial charge in [-0.3, -0.25) is 9.88 Å². The molecule has 10 nitrogen and oxygen atoms in total. The molecule has 3 heterocycles. The van der Waals surface area contributed by atoms with Gasteiger partial charge in [0.1, 0.15) is 17.6 Å². The number of benzene rings is 1. The Morgan fingerprint density at radius 2 is 1.86 bits per heavy atom. The highest BCUT2D eigenvalue weighted by Gasteiger charge is 2.34. The fraction of sp³-hybridized carbons (Fsp3) is 0.409. The molecule has 2 aliphatic heterocycles. The molecular weight excluding hydrogens is 484 g/mol. The number of nitrogens with zero attached hydrogens (tertiary/aromatic N) is 4. The van der Waals surface area contributed by atoms with Gasteiger partial charge in [-0.2, -0.15) is 0 Å². The monoisotopic (exact) mass is 509 g/mol. The summed E-state index contributed by atoms with van der Waals surface area (Å²) >= 11 is 0. The maximum absolute atomic E-state index is 15.1. The van der Waals surface area contributed by atoms with Crippen LogP contribution in [0.1, 0.15) is 19.8 Å². The van der Waals surface area contributed by atoms with Gasteiger partial charge in [0.25, 0.3) is 10.0 Å². The Morgan fingerprint density at radius 3 is 2.51 bits per heavy atom. The molecule has 1 N–H and O–H groups in total. The number of halogens is 2. The number of amides is 1. The maximum atomic E-state index is 15.1. The quantitative estimate of drug-likeness (QED) is 0.604. The molecule has 0 bridgehead atoms. The van der Waals surface area contributed by atoms with E-state index in [0.717, 1.165) is 21.4 Å². The lowest BCUT2D eigenvalue weighted by molar-refractivity contribution is -0.117. The number of ether oxygens (including phenoxy) is 1. The van der Waals surface area contributed by atoms with Crippen LogP contribution in [0.2, 0.25) is 0 Å². The van der Waals surface area contributed by atoms with Gasteiger partial charge in [-0.15, -0.1) is 4.41 Å². The second-order valence-electron chi connectivity index (χ2n) is 8.27. The van der Waals surface area contributed by atoms with Crippen LogP contribution in [0.3, 0.4) is 0 Å². The Morgan fingerprint density at radius 1 is 1.17 bits per heavy atom. The summed E-state index contributed by atoms with van der Waals surface area (Å²) in [7, 11) is -3.86. The number of hydrogen-bond acceptors (Lipinski definition) is 8. The Kier molecular flexibility index (Phi) is 7.28. The highest BCUT2D eigenvalue weighted by molar-refractivity contribution is 7.89. The summed E-state index contributed by atoms with van der Waals surface area (Å²) in [5.41, 5.74) is 2.49. The molecule has 0 aliphatic carbocycles. The van der Waals surface area contributed by atoms with Crippen LogP contribution in [0.4, 0.5) is 25.0 Å². The van der Waals surface area contributed by atoms with Crippen molar-refractivity contribution in [2.75, 3.05) is 42.5 Å². The largest absolute Gasteiger partial charge is 0.444 e. The van der Waals surface area contributed by atoms with Crippen molar-refractivity contribution in [2.45, 2.75) is 30.8 Å². The number of carbonyl (C=O) groups is 2. The third-order valence-corrected chi connectivity index (χ3v) is 7.56. The molecule has 0 radical (unpaired) electrons. The lowest BCUT2D eigenvalue weighted by Gasteiger charge is -2.25. The molecule has 2 saturated heterocycles. The minimum Gasteiger partial charge on any atom is -0.444 e. The van der Waals surface area contributed by atoms with Crippen LogP contribution in [0.25, 0.3) is 0 Å². The molecule has 0 saturated carbocycles. The van der Waals surface area contributed by atoms with Crippen LogP contribution in [-0.4, -0.2) is 68.5 Å². The van der Waals surface area contributed by atoms with Crippen LogP contribution in [0, 0.1) is 11.6 Å². The summed E-state index contributed by atoms with van der Waals surface area (Å²) in [6.07, 6.45) is 2.03. The number of Topliss-reactive ketones (excluding diaryl/α,β-unsaturated/α-hetero) is 1. The van der Waals surface area contributed by atoms with Gasteiger partial charge in [-0.05, 0) is 25.5 Å². The fourth-order valence-electron chi connectivity index (χ4n) is 4.04. The number of cyclic esters (lactones) is 1. The molecular formula is C22H25F2N5O5S. The first-order valence-corrected chi connectivity index (χ1v) is 12.5. The Bertz CT molecular complexity index is 1190. The van der Waals surface area contributed by atoms with Crippen molar-refractivity contribution >= 4 is 33.3 Å². The Hall–Kier alpha value is -3.16. The van der Waals surface area contributed by atoms with Crippen LogP contribution >= 0.6 is 0 Å². The van der Waals surface area contributed by atoms with E-state index in [0.29, 0.717) is 6.42 Å². The fourth-order valence-corrected chi connectivity index (χ4v) is 5.34. The second-order valence-corrected chi connectivity index (χ2v) is 10.1. The molecule has 1 aromatic heterocycles. The standard InChI is InChI=1S/C22H25F2N5O5S/c1-15(30)2-3-17-14-28(22(31)34-17)16-12-19(23)21(20(24)13-16)27-9-8-26-29(11-10-27)35(32,33)18-4-6-25-7-5-18/h4-7,12-13,17,26H,2-3,8-11,14H2,1H3/t17-/m0/s1. The molecule has 1 amide bonds. The number of anilines is 2. The molecule has 0 unspecified atom stereocenters. The number of hydrazine groups is 1. The average molecular weight is 510 g/mol. The van der Waals surface area contributed by atoms with Crippen LogP contribution in [-0.2, 0) is 19.6 Å². The van der Waals surface area contributed by atoms with Gasteiger partial charge < -0.3 is 14.4 Å². The Balaban J connectivity index is 1.48. The Labute approximate surface area is 201 Å². The van der Waals surface area contributed by atoms with Gasteiger partial charge in [-0.25, -0.2) is 27.4 Å². The van der Waals surface area contributed by atoms with Crippen LogP contribution in [0.5, 0.6) is 0 Å². The number of ketones is 1. The summed E-state index contributed by atoms with van der Waals surface area (Å²) in [6.45, 7) is 1.77. The van der Waals surface area contributed by atoms with Gasteiger partial charge in [0.15, 0.2) is 11.6 Å². The molecule has 13 heteroatoms. The number of rotatable bonds is 7. The van der Waals surface area contributed by atoms with Crippen molar-refractivity contribution in [3.05, 3.63) is 48.3 Å². The molecule has 188 valence electrons. The first kappa shape index (κ1) is 24.9. The first-order valence-electron chi connectivity index (χ1n) is 11.0. The highest BCUT2D eigenvalue weighted by Crippen LogP contribution is 2.32. The van der Waals surface area contributed by atoms with Crippen molar-refractivity contribution in [1.82, 2.24) is 14.8 Å².